The average Bonchev–Trinajstić information content (AvgIpc) is 2.33. The number of H-pyrrole nitrogens is 1. The number of hydrogen-bond donors (Lipinski definition) is 2. The Balaban J connectivity index is 2.69. The maximum absolute atomic E-state index is 12.6. The molecule has 2 rings (SSSR count). The van der Waals surface area contributed by atoms with Gasteiger partial charge in [-0.2, -0.15) is 0 Å². The molecule has 0 spiro atoms. The van der Waals surface area contributed by atoms with Crippen molar-refractivity contribution in [2.75, 3.05) is 33.1 Å². The molecule has 0 amide bonds. The van der Waals surface area contributed by atoms with Gasteiger partial charge in [-0.3, -0.25) is 4.79 Å². The molecule has 0 bridgehead atoms. The zero-order chi connectivity index (χ0) is 14.2. The molecule has 0 saturated carbocycles. The fraction of sp³-hybridized carbons (Fsp3) is 0.400. The topological polar surface area (TPSA) is 40.5 Å². The number of benzene rings is 1. The fourth-order valence-electron chi connectivity index (χ4n) is 2.28. The number of aromatic nitrogens is 1. The zero-order valence-corrected chi connectivity index (χ0v) is 12.3. The lowest BCUT2D eigenvalue weighted by Crippen LogP contribution is -3.04. The van der Waals surface area contributed by atoms with E-state index in [0.29, 0.717) is 0 Å². The van der Waals surface area contributed by atoms with Gasteiger partial charge in [-0.25, -0.2) is 0 Å². The Hall–Kier alpha value is -1.81. The maximum atomic E-state index is 12.6. The van der Waals surface area contributed by atoms with E-state index in [1.165, 1.54) is 4.90 Å². The van der Waals surface area contributed by atoms with Crippen molar-refractivity contribution in [3.05, 3.63) is 39.7 Å². The number of aryl methyl sites for hydroxylation is 1. The van der Waals surface area contributed by atoms with E-state index in [0.717, 1.165) is 34.4 Å². The number of aromatic amines is 1. The van der Waals surface area contributed by atoms with Crippen LogP contribution < -0.4 is 15.2 Å². The van der Waals surface area contributed by atoms with Crippen molar-refractivity contribution in [1.29, 1.82) is 0 Å². The summed E-state index contributed by atoms with van der Waals surface area (Å²) in [6.45, 7) is 2.71. The van der Waals surface area contributed by atoms with Crippen LogP contribution in [-0.2, 0) is 6.54 Å². The lowest BCUT2D eigenvalue weighted by atomic mass is 10.1. The Morgan fingerprint density at radius 2 is 1.95 bits per heavy atom. The molecule has 0 saturated heterocycles. The molecule has 0 fully saturated rings. The summed E-state index contributed by atoms with van der Waals surface area (Å²) in [6, 6.07) is 5.96. The van der Waals surface area contributed by atoms with E-state index in [2.05, 4.69) is 19.1 Å². The van der Waals surface area contributed by atoms with Crippen molar-refractivity contribution >= 4 is 16.6 Å². The van der Waals surface area contributed by atoms with Crippen molar-refractivity contribution in [2.45, 2.75) is 13.5 Å². The molecule has 19 heavy (non-hydrogen) atoms. The maximum Gasteiger partial charge on any atom is 0.198 e. The molecule has 0 radical (unpaired) electrons. The number of nitrogens with one attached hydrogen (secondary N) is 2. The molecule has 0 aliphatic rings. The van der Waals surface area contributed by atoms with Crippen LogP contribution in [0, 0.1) is 6.92 Å². The Morgan fingerprint density at radius 3 is 2.53 bits per heavy atom. The largest absolute Gasteiger partial charge is 0.378 e. The molecule has 4 nitrogen and oxygen atoms in total. The minimum Gasteiger partial charge on any atom is -0.378 e. The number of anilines is 1. The summed E-state index contributed by atoms with van der Waals surface area (Å²) >= 11 is 0. The SMILES string of the molecule is Cc1[nH]c2ccc(N(C)C)cc2c(=O)c1C[NH+](C)C. The Kier molecular flexibility index (Phi) is 3.62. The van der Waals surface area contributed by atoms with Gasteiger partial charge in [0.1, 0.15) is 6.54 Å². The van der Waals surface area contributed by atoms with Crippen molar-refractivity contribution in [3.8, 4) is 0 Å². The van der Waals surface area contributed by atoms with Gasteiger partial charge in [0.25, 0.3) is 0 Å². The van der Waals surface area contributed by atoms with Crippen molar-refractivity contribution in [1.82, 2.24) is 4.98 Å². The smallest absolute Gasteiger partial charge is 0.198 e. The van der Waals surface area contributed by atoms with E-state index < -0.39 is 0 Å². The standard InChI is InChI=1S/C15H21N3O/c1-10-13(9-17(2)3)15(19)12-8-11(18(4)5)6-7-14(12)16-10/h6-8H,9H2,1-5H3,(H,16,19)/p+1. The van der Waals surface area contributed by atoms with Gasteiger partial charge in [0.2, 0.25) is 0 Å². The second-order valence-electron chi connectivity index (χ2n) is 5.57. The summed E-state index contributed by atoms with van der Waals surface area (Å²) in [7, 11) is 8.07. The second-order valence-corrected chi connectivity index (χ2v) is 5.57. The van der Waals surface area contributed by atoms with Crippen LogP contribution in [0.2, 0.25) is 0 Å². The van der Waals surface area contributed by atoms with Crippen LogP contribution in [0.4, 0.5) is 5.69 Å². The molecule has 0 unspecified atom stereocenters. The summed E-state index contributed by atoms with van der Waals surface area (Å²) in [6.07, 6.45) is 0. The van der Waals surface area contributed by atoms with Crippen LogP contribution in [0.5, 0.6) is 0 Å². The minimum atomic E-state index is 0.149. The molecule has 0 aliphatic carbocycles. The number of nitrogens with zero attached hydrogens (tertiary/aromatic N) is 1. The third-order valence-electron chi connectivity index (χ3n) is 3.34. The van der Waals surface area contributed by atoms with Gasteiger partial charge in [0.05, 0.1) is 19.7 Å². The van der Waals surface area contributed by atoms with Crippen molar-refractivity contribution in [2.24, 2.45) is 0 Å². The lowest BCUT2D eigenvalue weighted by Gasteiger charge is -2.14. The number of hydrogen-bond acceptors (Lipinski definition) is 2. The number of pyridine rings is 1. The van der Waals surface area contributed by atoms with Gasteiger partial charge in [0.15, 0.2) is 5.43 Å². The fourth-order valence-corrected chi connectivity index (χ4v) is 2.28. The van der Waals surface area contributed by atoms with Crippen LogP contribution >= 0.6 is 0 Å². The van der Waals surface area contributed by atoms with Crippen LogP contribution in [0.15, 0.2) is 23.0 Å². The van der Waals surface area contributed by atoms with Gasteiger partial charge in [-0.15, -0.1) is 0 Å². The third kappa shape index (κ3) is 2.63. The normalized spacial score (nSPS) is 11.3. The average molecular weight is 260 g/mol. The van der Waals surface area contributed by atoms with Crippen LogP contribution in [0.1, 0.15) is 11.3 Å². The zero-order valence-electron chi connectivity index (χ0n) is 12.3. The first-order valence-electron chi connectivity index (χ1n) is 6.52. The van der Waals surface area contributed by atoms with Gasteiger partial charge in [0, 0.05) is 36.4 Å². The second kappa shape index (κ2) is 5.05. The summed E-state index contributed by atoms with van der Waals surface area (Å²) in [5.41, 5.74) is 3.95. The molecule has 4 heteroatoms. The summed E-state index contributed by atoms with van der Waals surface area (Å²) < 4.78 is 0. The predicted molar refractivity (Wildman–Crippen MR) is 80.1 cm³/mol. The van der Waals surface area contributed by atoms with E-state index in [4.69, 9.17) is 0 Å². The molecule has 2 N–H and O–H groups in total. The first kappa shape index (κ1) is 13.6. The molecule has 2 aromatic rings. The monoisotopic (exact) mass is 260 g/mol. The molecule has 0 aliphatic heterocycles. The first-order chi connectivity index (χ1) is 8.90. The van der Waals surface area contributed by atoms with Gasteiger partial charge < -0.3 is 14.8 Å². The van der Waals surface area contributed by atoms with E-state index in [1.54, 1.807) is 0 Å². The summed E-state index contributed by atoms with van der Waals surface area (Å²) in [5, 5.41) is 0.771. The first-order valence-corrected chi connectivity index (χ1v) is 6.52. The molecule has 1 aromatic carbocycles. The lowest BCUT2D eigenvalue weighted by molar-refractivity contribution is -0.872. The number of quaternary nitrogens is 1. The highest BCUT2D eigenvalue weighted by Gasteiger charge is 2.12. The highest BCUT2D eigenvalue weighted by molar-refractivity contribution is 5.83. The van der Waals surface area contributed by atoms with Gasteiger partial charge >= 0.3 is 0 Å². The molecule has 1 aromatic heterocycles. The van der Waals surface area contributed by atoms with Crippen LogP contribution in [-0.4, -0.2) is 33.2 Å². The Labute approximate surface area is 113 Å². The molecular formula is C15H22N3O+. The van der Waals surface area contributed by atoms with E-state index >= 15 is 0 Å². The van der Waals surface area contributed by atoms with E-state index in [-0.39, 0.29) is 5.43 Å². The van der Waals surface area contributed by atoms with E-state index in [9.17, 15) is 4.79 Å². The quantitative estimate of drug-likeness (QED) is 0.846. The van der Waals surface area contributed by atoms with E-state index in [1.807, 2.05) is 44.1 Å². The van der Waals surface area contributed by atoms with Gasteiger partial charge in [-0.1, -0.05) is 0 Å². The Morgan fingerprint density at radius 1 is 1.26 bits per heavy atom. The predicted octanol–water partition coefficient (Wildman–Crippen LogP) is 0.547. The highest BCUT2D eigenvalue weighted by atomic mass is 16.1. The van der Waals surface area contributed by atoms with Crippen LogP contribution in [0.3, 0.4) is 0 Å². The minimum absolute atomic E-state index is 0.149. The summed E-state index contributed by atoms with van der Waals surface area (Å²) in [5.74, 6) is 0. The number of fused-ring (bicyclic) bond motifs is 1. The highest BCUT2D eigenvalue weighted by Crippen LogP contribution is 2.18. The van der Waals surface area contributed by atoms with Crippen molar-refractivity contribution < 1.29 is 4.90 Å². The number of rotatable bonds is 3. The summed E-state index contributed by atoms with van der Waals surface area (Å²) in [4.78, 5) is 19.2. The molecule has 0 atom stereocenters. The van der Waals surface area contributed by atoms with Crippen LogP contribution in [0.25, 0.3) is 10.9 Å². The van der Waals surface area contributed by atoms with Crippen molar-refractivity contribution in [3.63, 3.8) is 0 Å². The molecule has 1 heterocycles. The molecule has 102 valence electrons. The molecular weight excluding hydrogens is 238 g/mol. The Bertz CT molecular complexity index is 656. The van der Waals surface area contributed by atoms with Gasteiger partial charge in [-0.05, 0) is 25.1 Å². The third-order valence-corrected chi connectivity index (χ3v) is 3.34.